The van der Waals surface area contributed by atoms with Crippen LogP contribution in [0.25, 0.3) is 11.3 Å². The van der Waals surface area contributed by atoms with Crippen molar-refractivity contribution in [1.29, 1.82) is 0 Å². The summed E-state index contributed by atoms with van der Waals surface area (Å²) in [7, 11) is 0. The molecule has 0 bridgehead atoms. The van der Waals surface area contributed by atoms with Crippen LogP contribution >= 0.6 is 11.3 Å². The molecule has 0 atom stereocenters. The van der Waals surface area contributed by atoms with E-state index in [4.69, 9.17) is 4.42 Å². The van der Waals surface area contributed by atoms with Crippen LogP contribution in [0.5, 0.6) is 0 Å². The van der Waals surface area contributed by atoms with E-state index in [1.165, 1.54) is 35.5 Å². The summed E-state index contributed by atoms with van der Waals surface area (Å²) in [5, 5.41) is 3.96. The lowest BCUT2D eigenvalue weighted by Gasteiger charge is -2.06. The number of carbonyl (C=O) groups is 1. The maximum Gasteiger partial charge on any atom is 0.287 e. The molecule has 3 aromatic rings. The van der Waals surface area contributed by atoms with Crippen molar-refractivity contribution in [3.8, 4) is 11.3 Å². The van der Waals surface area contributed by atoms with Crippen LogP contribution in [0.15, 0.2) is 40.8 Å². The summed E-state index contributed by atoms with van der Waals surface area (Å²) in [4.78, 5) is 18.3. The highest BCUT2D eigenvalue weighted by molar-refractivity contribution is 7.11. The van der Waals surface area contributed by atoms with Crippen LogP contribution in [0.1, 0.15) is 39.0 Å². The molecular formula is C20H19FN2O2S. The van der Waals surface area contributed by atoms with Gasteiger partial charge in [0.15, 0.2) is 5.76 Å². The number of nitrogens with one attached hydrogen (secondary N) is 1. The summed E-state index contributed by atoms with van der Waals surface area (Å²) in [6.45, 7) is 0.526. The summed E-state index contributed by atoms with van der Waals surface area (Å²) in [6, 6.07) is 9.34. The number of nitrogens with zero attached hydrogens (tertiary/aromatic N) is 1. The summed E-state index contributed by atoms with van der Waals surface area (Å²) in [6.07, 6.45) is 5.42. The number of benzene rings is 1. The zero-order valence-corrected chi connectivity index (χ0v) is 15.1. The van der Waals surface area contributed by atoms with E-state index in [0.717, 1.165) is 29.8 Å². The van der Waals surface area contributed by atoms with Gasteiger partial charge in [-0.25, -0.2) is 9.37 Å². The van der Waals surface area contributed by atoms with Crippen molar-refractivity contribution in [2.24, 2.45) is 0 Å². The number of hydrogen-bond acceptors (Lipinski definition) is 4. The fraction of sp³-hybridized carbons (Fsp3) is 0.300. The number of halogens is 1. The molecule has 0 spiro atoms. The third kappa shape index (κ3) is 3.70. The molecule has 6 heteroatoms. The van der Waals surface area contributed by atoms with Gasteiger partial charge in [-0.15, -0.1) is 11.3 Å². The van der Waals surface area contributed by atoms with E-state index in [-0.39, 0.29) is 17.5 Å². The molecule has 1 aliphatic rings. The topological polar surface area (TPSA) is 55.1 Å². The maximum absolute atomic E-state index is 13.0. The molecule has 4 nitrogen and oxygen atoms in total. The van der Waals surface area contributed by atoms with Crippen LogP contribution in [-0.4, -0.2) is 17.4 Å². The van der Waals surface area contributed by atoms with Crippen LogP contribution in [0.3, 0.4) is 0 Å². The second-order valence-corrected chi connectivity index (χ2v) is 7.53. The first-order valence-corrected chi connectivity index (χ1v) is 9.62. The largest absolute Gasteiger partial charge is 0.451 e. The summed E-state index contributed by atoms with van der Waals surface area (Å²) >= 11 is 1.77. The number of thiazole rings is 1. The second-order valence-electron chi connectivity index (χ2n) is 6.36. The van der Waals surface area contributed by atoms with Crippen LogP contribution in [-0.2, 0) is 19.3 Å². The molecule has 2 aromatic heterocycles. The van der Waals surface area contributed by atoms with Gasteiger partial charge in [0, 0.05) is 23.4 Å². The van der Waals surface area contributed by atoms with Gasteiger partial charge in [-0.2, -0.15) is 0 Å². The molecule has 1 aliphatic carbocycles. The number of furan rings is 1. The van der Waals surface area contributed by atoms with Gasteiger partial charge in [0.2, 0.25) is 0 Å². The smallest absolute Gasteiger partial charge is 0.287 e. The predicted molar refractivity (Wildman–Crippen MR) is 98.9 cm³/mol. The monoisotopic (exact) mass is 370 g/mol. The van der Waals surface area contributed by atoms with E-state index in [1.807, 2.05) is 0 Å². The Morgan fingerprint density at radius 3 is 2.77 bits per heavy atom. The lowest BCUT2D eigenvalue weighted by atomic mass is 10.0. The minimum Gasteiger partial charge on any atom is -0.451 e. The number of aromatic nitrogens is 1. The van der Waals surface area contributed by atoms with Crippen molar-refractivity contribution in [2.75, 3.05) is 6.54 Å². The van der Waals surface area contributed by atoms with E-state index >= 15 is 0 Å². The zero-order valence-electron chi connectivity index (χ0n) is 14.3. The Hall–Kier alpha value is -2.47. The SMILES string of the molecule is O=C(NCCc1nc2c(s1)CCCC2)c1ccc(-c2ccc(F)cc2)o1. The van der Waals surface area contributed by atoms with Crippen LogP contribution in [0.2, 0.25) is 0 Å². The van der Waals surface area contributed by atoms with Gasteiger partial charge in [-0.05, 0) is 62.1 Å². The Kier molecular flexibility index (Phi) is 4.84. The van der Waals surface area contributed by atoms with Crippen molar-refractivity contribution in [2.45, 2.75) is 32.1 Å². The van der Waals surface area contributed by atoms with Crippen molar-refractivity contribution < 1.29 is 13.6 Å². The Bertz CT molecular complexity index is 891. The second kappa shape index (κ2) is 7.41. The molecule has 0 saturated heterocycles. The van der Waals surface area contributed by atoms with Crippen molar-refractivity contribution in [3.05, 3.63) is 63.6 Å². The van der Waals surface area contributed by atoms with Gasteiger partial charge in [0.25, 0.3) is 5.91 Å². The molecule has 0 unspecified atom stereocenters. The lowest BCUT2D eigenvalue weighted by molar-refractivity contribution is 0.0927. The lowest BCUT2D eigenvalue weighted by Crippen LogP contribution is -2.25. The van der Waals surface area contributed by atoms with Gasteiger partial charge >= 0.3 is 0 Å². The number of aryl methyl sites for hydroxylation is 2. The highest BCUT2D eigenvalue weighted by Crippen LogP contribution is 2.27. The first-order valence-electron chi connectivity index (χ1n) is 8.80. The minimum absolute atomic E-state index is 0.250. The van der Waals surface area contributed by atoms with E-state index in [0.29, 0.717) is 12.3 Å². The third-order valence-corrected chi connectivity index (χ3v) is 5.69. The predicted octanol–water partition coefficient (Wildman–Crippen LogP) is 4.39. The van der Waals surface area contributed by atoms with Crippen LogP contribution < -0.4 is 5.32 Å². The fourth-order valence-corrected chi connectivity index (χ4v) is 4.27. The fourth-order valence-electron chi connectivity index (χ4n) is 3.11. The molecule has 1 amide bonds. The standard InChI is InChI=1S/C20H19FN2O2S/c21-14-7-5-13(6-8-14)16-9-10-17(25-16)20(24)22-12-11-19-23-15-3-1-2-4-18(15)26-19/h5-10H,1-4,11-12H2,(H,22,24). The molecule has 1 N–H and O–H groups in total. The van der Waals surface area contributed by atoms with Crippen molar-refractivity contribution in [3.63, 3.8) is 0 Å². The van der Waals surface area contributed by atoms with E-state index in [1.54, 1.807) is 35.6 Å². The summed E-state index contributed by atoms with van der Waals surface area (Å²) < 4.78 is 18.6. The van der Waals surface area contributed by atoms with Crippen LogP contribution in [0.4, 0.5) is 4.39 Å². The molecule has 0 fully saturated rings. The quantitative estimate of drug-likeness (QED) is 0.724. The molecule has 1 aromatic carbocycles. The molecule has 0 radical (unpaired) electrons. The summed E-state index contributed by atoms with van der Waals surface area (Å²) in [5.74, 6) is 0.243. The third-order valence-electron chi connectivity index (χ3n) is 4.47. The zero-order chi connectivity index (χ0) is 17.9. The average molecular weight is 370 g/mol. The Balaban J connectivity index is 1.33. The average Bonchev–Trinajstić information content (AvgIpc) is 3.29. The Morgan fingerprint density at radius 2 is 1.96 bits per heavy atom. The first-order chi connectivity index (χ1) is 12.7. The van der Waals surface area contributed by atoms with Gasteiger partial charge < -0.3 is 9.73 Å². The minimum atomic E-state index is -0.304. The van der Waals surface area contributed by atoms with Crippen LogP contribution in [0, 0.1) is 5.82 Å². The van der Waals surface area contributed by atoms with Crippen molar-refractivity contribution in [1.82, 2.24) is 10.3 Å². The molecule has 134 valence electrons. The van der Waals surface area contributed by atoms with Gasteiger partial charge in [-0.1, -0.05) is 0 Å². The van der Waals surface area contributed by atoms with E-state index in [2.05, 4.69) is 10.3 Å². The molecule has 0 saturated carbocycles. The van der Waals surface area contributed by atoms with Gasteiger partial charge in [0.1, 0.15) is 11.6 Å². The van der Waals surface area contributed by atoms with Gasteiger partial charge in [0.05, 0.1) is 10.7 Å². The number of carbonyl (C=O) groups excluding carboxylic acids is 1. The number of hydrogen-bond donors (Lipinski definition) is 1. The highest BCUT2D eigenvalue weighted by atomic mass is 32.1. The van der Waals surface area contributed by atoms with Gasteiger partial charge in [-0.3, -0.25) is 4.79 Å². The molecule has 26 heavy (non-hydrogen) atoms. The van der Waals surface area contributed by atoms with Crippen molar-refractivity contribution >= 4 is 17.2 Å². The Labute approximate surface area is 155 Å². The normalized spacial score (nSPS) is 13.4. The molecular weight excluding hydrogens is 351 g/mol. The molecule has 4 rings (SSSR count). The van der Waals surface area contributed by atoms with E-state index < -0.39 is 0 Å². The first kappa shape index (κ1) is 17.0. The molecule has 0 aliphatic heterocycles. The van der Waals surface area contributed by atoms with E-state index in [9.17, 15) is 9.18 Å². The maximum atomic E-state index is 13.0. The number of amides is 1. The number of fused-ring (bicyclic) bond motifs is 1. The Morgan fingerprint density at radius 1 is 1.15 bits per heavy atom. The summed E-state index contributed by atoms with van der Waals surface area (Å²) in [5.41, 5.74) is 1.98. The molecule has 2 heterocycles. The highest BCUT2D eigenvalue weighted by Gasteiger charge is 2.16. The number of rotatable bonds is 5.